The van der Waals surface area contributed by atoms with Gasteiger partial charge < -0.3 is 23.6 Å². The van der Waals surface area contributed by atoms with Crippen LogP contribution < -0.4 is 34.7 Å². The number of ether oxygens (including phenoxy) is 2. The summed E-state index contributed by atoms with van der Waals surface area (Å²) in [5.41, 5.74) is -0.384. The number of hydrogen-bond acceptors (Lipinski definition) is 6. The first-order valence-electron chi connectivity index (χ1n) is 5.62. The third kappa shape index (κ3) is 6.45. The molecule has 0 saturated heterocycles. The largest absolute Gasteiger partial charge is 1.00 e. The van der Waals surface area contributed by atoms with Crippen LogP contribution in [-0.4, -0.2) is 26.4 Å². The molecule has 0 aromatic heterocycles. The van der Waals surface area contributed by atoms with Crippen LogP contribution in [0.25, 0.3) is 0 Å². The van der Waals surface area contributed by atoms with Crippen LogP contribution in [0.15, 0.2) is 11.4 Å². The van der Waals surface area contributed by atoms with Gasteiger partial charge in [-0.1, -0.05) is 6.92 Å². The van der Waals surface area contributed by atoms with E-state index in [0.717, 1.165) is 0 Å². The van der Waals surface area contributed by atoms with Gasteiger partial charge >= 0.3 is 37.2 Å². The predicted octanol–water partition coefficient (Wildman–Crippen LogP) is -1.18. The van der Waals surface area contributed by atoms with E-state index in [1.165, 1.54) is 0 Å². The molecule has 0 aliphatic heterocycles. The smallest absolute Gasteiger partial charge is 0.611 e. The molecule has 0 aromatic rings. The Labute approximate surface area is 130 Å². The van der Waals surface area contributed by atoms with Gasteiger partial charge in [-0.15, -0.1) is 0 Å². The van der Waals surface area contributed by atoms with Crippen molar-refractivity contribution in [2.75, 3.05) is 26.4 Å². The molecule has 0 spiro atoms. The van der Waals surface area contributed by atoms with Gasteiger partial charge in [0.25, 0.3) is 0 Å². The molecule has 6 nitrogen and oxygen atoms in total. The van der Waals surface area contributed by atoms with Crippen LogP contribution in [0.2, 0.25) is 0 Å². The summed E-state index contributed by atoms with van der Waals surface area (Å²) in [5.74, 6) is -0.806. The normalized spacial score (nSPS) is 12.4. The van der Waals surface area contributed by atoms with Crippen molar-refractivity contribution in [2.24, 2.45) is 0 Å². The zero-order chi connectivity index (χ0) is 13.3. The molecule has 0 aromatic carbocycles. The van der Waals surface area contributed by atoms with Crippen molar-refractivity contribution < 1.29 is 57.8 Å². The van der Waals surface area contributed by atoms with E-state index in [2.05, 4.69) is 0 Å². The van der Waals surface area contributed by atoms with Gasteiger partial charge in [0.15, 0.2) is 0 Å². The molecule has 0 N–H and O–H groups in total. The summed E-state index contributed by atoms with van der Waals surface area (Å²) in [4.78, 5) is 0. The molecular weight excluding hydrogens is 270 g/mol. The van der Waals surface area contributed by atoms with E-state index in [1.54, 1.807) is 27.7 Å². The van der Waals surface area contributed by atoms with Gasteiger partial charge in [0.05, 0.1) is 19.8 Å². The molecular formula is C10H20NaO6P. The molecule has 0 saturated carbocycles. The SMILES string of the molecule is CCOC([O-])=C(OCC)P(=O)(OCC)OCC.[Na+]. The quantitative estimate of drug-likeness (QED) is 0.302. The molecule has 8 heteroatoms. The van der Waals surface area contributed by atoms with Crippen LogP contribution in [0, 0.1) is 0 Å². The summed E-state index contributed by atoms with van der Waals surface area (Å²) in [6.45, 7) is 7.25. The minimum Gasteiger partial charge on any atom is -0.611 e. The van der Waals surface area contributed by atoms with E-state index < -0.39 is 13.5 Å². The average Bonchev–Trinajstić information content (AvgIpc) is 2.26. The third-order valence-corrected chi connectivity index (χ3v) is 3.58. The first-order valence-corrected chi connectivity index (χ1v) is 7.16. The Bertz CT molecular complexity index is 284. The zero-order valence-electron chi connectivity index (χ0n) is 11.7. The Morgan fingerprint density at radius 1 is 0.944 bits per heavy atom. The van der Waals surface area contributed by atoms with Gasteiger partial charge in [0.1, 0.15) is 5.95 Å². The predicted molar refractivity (Wildman–Crippen MR) is 61.1 cm³/mol. The molecule has 0 aliphatic rings. The zero-order valence-corrected chi connectivity index (χ0v) is 14.6. The van der Waals surface area contributed by atoms with Crippen molar-refractivity contribution in [1.82, 2.24) is 0 Å². The molecule has 0 unspecified atom stereocenters. The Balaban J connectivity index is 0. The van der Waals surface area contributed by atoms with Crippen LogP contribution in [-0.2, 0) is 23.1 Å². The van der Waals surface area contributed by atoms with Crippen molar-refractivity contribution >= 4 is 7.60 Å². The molecule has 0 radical (unpaired) electrons. The van der Waals surface area contributed by atoms with Gasteiger partial charge in [0.2, 0.25) is 5.50 Å². The maximum Gasteiger partial charge on any atom is 1.00 e. The first-order chi connectivity index (χ1) is 8.05. The molecule has 0 bridgehead atoms. The van der Waals surface area contributed by atoms with Gasteiger partial charge in [-0.05, 0) is 27.4 Å². The fraction of sp³-hybridized carbons (Fsp3) is 0.800. The van der Waals surface area contributed by atoms with Gasteiger partial charge in [-0.3, -0.25) is 4.57 Å². The molecule has 18 heavy (non-hydrogen) atoms. The molecule has 0 fully saturated rings. The minimum absolute atomic E-state index is 0. The van der Waals surface area contributed by atoms with E-state index in [9.17, 15) is 9.67 Å². The standard InChI is InChI=1S/C10H21O6P.Na/c1-5-13-9(11)10(14-6-2)17(12,15-7-3)16-8-4;/h11H,5-8H2,1-4H3;/q;+1/p-1. The van der Waals surface area contributed by atoms with Crippen molar-refractivity contribution in [3.05, 3.63) is 11.4 Å². The number of rotatable bonds is 9. The Hall–Kier alpha value is 0.290. The summed E-state index contributed by atoms with van der Waals surface area (Å²) >= 11 is 0. The van der Waals surface area contributed by atoms with E-state index in [1.807, 2.05) is 0 Å². The summed E-state index contributed by atoms with van der Waals surface area (Å²) in [6.07, 6.45) is 0. The van der Waals surface area contributed by atoms with Gasteiger partial charge in [-0.25, -0.2) is 0 Å². The monoisotopic (exact) mass is 290 g/mol. The van der Waals surface area contributed by atoms with Crippen molar-refractivity contribution in [3.8, 4) is 0 Å². The maximum absolute atomic E-state index is 12.3. The summed E-state index contributed by atoms with van der Waals surface area (Å²) < 4.78 is 32.2. The van der Waals surface area contributed by atoms with Crippen molar-refractivity contribution in [3.63, 3.8) is 0 Å². The Morgan fingerprint density at radius 2 is 1.39 bits per heavy atom. The topological polar surface area (TPSA) is 77.0 Å². The molecule has 0 atom stereocenters. The molecule has 0 aliphatic carbocycles. The average molecular weight is 290 g/mol. The number of hydrogen-bond donors (Lipinski definition) is 0. The van der Waals surface area contributed by atoms with E-state index in [4.69, 9.17) is 18.5 Å². The van der Waals surface area contributed by atoms with Crippen LogP contribution in [0.4, 0.5) is 0 Å². The first kappa shape index (κ1) is 20.6. The second kappa shape index (κ2) is 11.1. The van der Waals surface area contributed by atoms with E-state index >= 15 is 0 Å². The van der Waals surface area contributed by atoms with Gasteiger partial charge in [0, 0.05) is 0 Å². The van der Waals surface area contributed by atoms with Crippen LogP contribution in [0.5, 0.6) is 0 Å². The summed E-state index contributed by atoms with van der Waals surface area (Å²) in [7, 11) is -3.71. The van der Waals surface area contributed by atoms with Crippen LogP contribution >= 0.6 is 7.60 Å². The molecule has 0 rings (SSSR count). The van der Waals surface area contributed by atoms with Crippen LogP contribution in [0.1, 0.15) is 27.7 Å². The summed E-state index contributed by atoms with van der Waals surface area (Å²) in [5, 5.41) is 11.6. The van der Waals surface area contributed by atoms with Crippen molar-refractivity contribution in [1.29, 1.82) is 0 Å². The second-order valence-electron chi connectivity index (χ2n) is 2.79. The third-order valence-electron chi connectivity index (χ3n) is 1.58. The molecule has 0 heterocycles. The van der Waals surface area contributed by atoms with Crippen molar-refractivity contribution in [2.45, 2.75) is 27.7 Å². The second-order valence-corrected chi connectivity index (χ2v) is 4.71. The summed E-state index contributed by atoms with van der Waals surface area (Å²) in [6, 6.07) is 0. The Kier molecular flexibility index (Phi) is 12.8. The fourth-order valence-electron chi connectivity index (χ4n) is 1.07. The van der Waals surface area contributed by atoms with E-state index in [-0.39, 0.29) is 61.5 Å². The molecule has 102 valence electrons. The van der Waals surface area contributed by atoms with Gasteiger partial charge in [-0.2, -0.15) is 0 Å². The van der Waals surface area contributed by atoms with E-state index in [0.29, 0.717) is 0 Å². The maximum atomic E-state index is 12.3. The fourth-order valence-corrected chi connectivity index (χ4v) is 2.64. The Morgan fingerprint density at radius 3 is 1.72 bits per heavy atom. The molecule has 0 amide bonds. The van der Waals surface area contributed by atoms with Crippen LogP contribution in [0.3, 0.4) is 0 Å². The minimum atomic E-state index is -3.71.